The molecule has 0 bridgehead atoms. The minimum atomic E-state index is 0.0315. The van der Waals surface area contributed by atoms with Gasteiger partial charge in [0.05, 0.1) is 0 Å². The van der Waals surface area contributed by atoms with Crippen LogP contribution in [0, 0.1) is 0 Å². The molecule has 1 fully saturated rings. The van der Waals surface area contributed by atoms with Crippen LogP contribution in [0.15, 0.2) is 24.3 Å². The molecule has 0 spiro atoms. The van der Waals surface area contributed by atoms with E-state index < -0.39 is 0 Å². The standard InChI is InChI=1S/C17H25N3O2/c1-13(18)4-9-16(21)19-11-14-5-7-15(8-6-14)12-20-10-2-3-17(20)22/h5-8,13H,2-4,9-12,18H2,1H3,(H,19,21). The van der Waals surface area contributed by atoms with Crippen LogP contribution < -0.4 is 11.1 Å². The van der Waals surface area contributed by atoms with Crippen molar-refractivity contribution in [2.24, 2.45) is 5.73 Å². The lowest BCUT2D eigenvalue weighted by Gasteiger charge is -2.15. The van der Waals surface area contributed by atoms with Gasteiger partial charge in [-0.25, -0.2) is 0 Å². The van der Waals surface area contributed by atoms with Crippen molar-refractivity contribution in [2.75, 3.05) is 6.54 Å². The summed E-state index contributed by atoms with van der Waals surface area (Å²) in [5.41, 5.74) is 7.82. The van der Waals surface area contributed by atoms with Crippen molar-refractivity contribution < 1.29 is 9.59 Å². The number of amides is 2. The number of benzene rings is 1. The van der Waals surface area contributed by atoms with Gasteiger partial charge in [-0.3, -0.25) is 9.59 Å². The molecule has 5 nitrogen and oxygen atoms in total. The van der Waals surface area contributed by atoms with E-state index in [1.54, 1.807) is 0 Å². The van der Waals surface area contributed by atoms with Crippen molar-refractivity contribution in [1.29, 1.82) is 0 Å². The van der Waals surface area contributed by atoms with Gasteiger partial charge in [0.1, 0.15) is 0 Å². The van der Waals surface area contributed by atoms with Crippen LogP contribution in [0.25, 0.3) is 0 Å². The van der Waals surface area contributed by atoms with Crippen molar-refractivity contribution >= 4 is 11.8 Å². The summed E-state index contributed by atoms with van der Waals surface area (Å²) in [6, 6.07) is 8.10. The summed E-state index contributed by atoms with van der Waals surface area (Å²) in [4.78, 5) is 25.1. The van der Waals surface area contributed by atoms with Gasteiger partial charge in [-0.05, 0) is 30.9 Å². The topological polar surface area (TPSA) is 75.4 Å². The van der Waals surface area contributed by atoms with E-state index in [0.717, 1.165) is 24.1 Å². The molecule has 120 valence electrons. The smallest absolute Gasteiger partial charge is 0.222 e. The highest BCUT2D eigenvalue weighted by Crippen LogP contribution is 2.14. The van der Waals surface area contributed by atoms with Gasteiger partial charge in [0.25, 0.3) is 0 Å². The Bertz CT molecular complexity index is 511. The van der Waals surface area contributed by atoms with Crippen LogP contribution in [0.2, 0.25) is 0 Å². The first-order valence-corrected chi connectivity index (χ1v) is 7.92. The Morgan fingerprint density at radius 3 is 2.59 bits per heavy atom. The summed E-state index contributed by atoms with van der Waals surface area (Å²) < 4.78 is 0. The zero-order valence-corrected chi connectivity index (χ0v) is 13.2. The Labute approximate surface area is 131 Å². The van der Waals surface area contributed by atoms with E-state index in [1.807, 2.05) is 36.1 Å². The lowest BCUT2D eigenvalue weighted by atomic mass is 10.1. The summed E-state index contributed by atoms with van der Waals surface area (Å²) in [6.45, 7) is 3.97. The monoisotopic (exact) mass is 303 g/mol. The normalized spacial score (nSPS) is 15.9. The maximum atomic E-state index is 11.6. The van der Waals surface area contributed by atoms with Gasteiger partial charge in [-0.1, -0.05) is 24.3 Å². The predicted octanol–water partition coefficient (Wildman–Crippen LogP) is 1.55. The Morgan fingerprint density at radius 1 is 1.32 bits per heavy atom. The Kier molecular flexibility index (Phi) is 5.95. The lowest BCUT2D eigenvalue weighted by molar-refractivity contribution is -0.128. The number of nitrogens with two attached hydrogens (primary N) is 1. The van der Waals surface area contributed by atoms with Crippen molar-refractivity contribution in [2.45, 2.75) is 51.7 Å². The Hall–Kier alpha value is -1.88. The molecule has 1 atom stereocenters. The van der Waals surface area contributed by atoms with E-state index >= 15 is 0 Å². The van der Waals surface area contributed by atoms with E-state index in [0.29, 0.717) is 32.4 Å². The zero-order chi connectivity index (χ0) is 15.9. The molecule has 0 saturated carbocycles. The molecule has 22 heavy (non-hydrogen) atoms. The average Bonchev–Trinajstić information content (AvgIpc) is 2.89. The number of hydrogen-bond donors (Lipinski definition) is 2. The average molecular weight is 303 g/mol. The summed E-state index contributed by atoms with van der Waals surface area (Å²) in [7, 11) is 0. The van der Waals surface area contributed by atoms with Crippen molar-refractivity contribution in [1.82, 2.24) is 10.2 Å². The molecule has 1 aromatic carbocycles. The quantitative estimate of drug-likeness (QED) is 0.802. The summed E-state index contributed by atoms with van der Waals surface area (Å²) in [5, 5.41) is 2.89. The van der Waals surface area contributed by atoms with Crippen molar-refractivity contribution in [3.8, 4) is 0 Å². The van der Waals surface area contributed by atoms with Gasteiger partial charge in [0, 0.05) is 38.5 Å². The fourth-order valence-electron chi connectivity index (χ4n) is 2.50. The maximum Gasteiger partial charge on any atom is 0.222 e. The van der Waals surface area contributed by atoms with Crippen molar-refractivity contribution in [3.63, 3.8) is 0 Å². The highest BCUT2D eigenvalue weighted by atomic mass is 16.2. The summed E-state index contributed by atoms with van der Waals surface area (Å²) in [5.74, 6) is 0.273. The lowest BCUT2D eigenvalue weighted by Crippen LogP contribution is -2.25. The first-order chi connectivity index (χ1) is 10.5. The Balaban J connectivity index is 1.76. The zero-order valence-electron chi connectivity index (χ0n) is 13.2. The summed E-state index contributed by atoms with van der Waals surface area (Å²) >= 11 is 0. The Morgan fingerprint density at radius 2 is 2.00 bits per heavy atom. The molecular weight excluding hydrogens is 278 g/mol. The van der Waals surface area contributed by atoms with E-state index in [4.69, 9.17) is 5.73 Å². The molecule has 1 unspecified atom stereocenters. The highest BCUT2D eigenvalue weighted by molar-refractivity contribution is 5.78. The molecule has 1 heterocycles. The third kappa shape index (κ3) is 5.15. The molecule has 0 aromatic heterocycles. The fraction of sp³-hybridized carbons (Fsp3) is 0.529. The van der Waals surface area contributed by atoms with E-state index in [1.165, 1.54) is 0 Å². The number of likely N-dealkylation sites (tertiary alicyclic amines) is 1. The summed E-state index contributed by atoms with van der Waals surface area (Å²) in [6.07, 6.45) is 2.80. The molecular formula is C17H25N3O2. The molecule has 2 rings (SSSR count). The fourth-order valence-corrected chi connectivity index (χ4v) is 2.50. The molecule has 3 N–H and O–H groups in total. The molecule has 5 heteroatoms. The number of carbonyl (C=O) groups is 2. The maximum absolute atomic E-state index is 11.6. The molecule has 2 amide bonds. The molecule has 0 aliphatic carbocycles. The van der Waals surface area contributed by atoms with Gasteiger partial charge < -0.3 is 16.0 Å². The second-order valence-corrected chi connectivity index (χ2v) is 6.03. The third-order valence-electron chi connectivity index (χ3n) is 3.88. The van der Waals surface area contributed by atoms with Gasteiger partial charge in [0.15, 0.2) is 0 Å². The molecule has 1 aliphatic rings. The van der Waals surface area contributed by atoms with Gasteiger partial charge >= 0.3 is 0 Å². The first kappa shape index (κ1) is 16.5. The minimum absolute atomic E-state index is 0.0315. The largest absolute Gasteiger partial charge is 0.352 e. The van der Waals surface area contributed by atoms with Gasteiger partial charge in [-0.2, -0.15) is 0 Å². The van der Waals surface area contributed by atoms with Crippen LogP contribution in [0.5, 0.6) is 0 Å². The first-order valence-electron chi connectivity index (χ1n) is 7.92. The van der Waals surface area contributed by atoms with Crippen LogP contribution in [0.3, 0.4) is 0 Å². The number of hydrogen-bond acceptors (Lipinski definition) is 3. The van der Waals surface area contributed by atoms with E-state index in [-0.39, 0.29) is 17.9 Å². The van der Waals surface area contributed by atoms with Crippen LogP contribution >= 0.6 is 0 Å². The molecule has 1 aromatic rings. The molecule has 1 saturated heterocycles. The number of nitrogens with one attached hydrogen (secondary N) is 1. The molecule has 1 aliphatic heterocycles. The number of nitrogens with zero attached hydrogens (tertiary/aromatic N) is 1. The number of rotatable bonds is 7. The van der Waals surface area contributed by atoms with E-state index in [9.17, 15) is 9.59 Å². The minimum Gasteiger partial charge on any atom is -0.352 e. The SMILES string of the molecule is CC(N)CCC(=O)NCc1ccc(CN2CCCC2=O)cc1. The van der Waals surface area contributed by atoms with Crippen LogP contribution in [-0.2, 0) is 22.7 Å². The second kappa shape index (κ2) is 7.94. The van der Waals surface area contributed by atoms with E-state index in [2.05, 4.69) is 5.32 Å². The van der Waals surface area contributed by atoms with Crippen LogP contribution in [0.4, 0.5) is 0 Å². The second-order valence-electron chi connectivity index (χ2n) is 6.03. The van der Waals surface area contributed by atoms with Crippen LogP contribution in [0.1, 0.15) is 43.7 Å². The predicted molar refractivity (Wildman–Crippen MR) is 85.8 cm³/mol. The number of carbonyl (C=O) groups excluding carboxylic acids is 2. The van der Waals surface area contributed by atoms with Crippen molar-refractivity contribution in [3.05, 3.63) is 35.4 Å². The highest BCUT2D eigenvalue weighted by Gasteiger charge is 2.19. The van der Waals surface area contributed by atoms with Gasteiger partial charge in [-0.15, -0.1) is 0 Å². The van der Waals surface area contributed by atoms with Crippen LogP contribution in [-0.4, -0.2) is 29.3 Å². The van der Waals surface area contributed by atoms with Gasteiger partial charge in [0.2, 0.25) is 11.8 Å². The molecule has 0 radical (unpaired) electrons. The third-order valence-corrected chi connectivity index (χ3v) is 3.88.